The molecule has 1 atom stereocenters. The van der Waals surface area contributed by atoms with Gasteiger partial charge in [0.25, 0.3) is 0 Å². The molecule has 0 aliphatic heterocycles. The van der Waals surface area contributed by atoms with E-state index in [1.165, 1.54) is 15.9 Å². The van der Waals surface area contributed by atoms with Crippen molar-refractivity contribution in [3.63, 3.8) is 0 Å². The Morgan fingerprint density at radius 2 is 1.26 bits per heavy atom. The molecule has 0 saturated heterocycles. The van der Waals surface area contributed by atoms with Crippen LogP contribution in [0.25, 0.3) is 0 Å². The van der Waals surface area contributed by atoms with Crippen LogP contribution < -0.4 is 38.2 Å². The second kappa shape index (κ2) is 16.1. The Hall–Kier alpha value is -3.02. The van der Waals surface area contributed by atoms with Crippen LogP contribution in [0.15, 0.2) is 91.0 Å². The average Bonchev–Trinajstić information content (AvgIpc) is 2.92. The molecule has 0 saturated carbocycles. The van der Waals surface area contributed by atoms with Crippen molar-refractivity contribution in [2.75, 3.05) is 12.8 Å². The second-order valence-corrected chi connectivity index (χ2v) is 12.4. The molecular weight excluding hydrogens is 565 g/mol. The molecule has 0 heterocycles. The lowest BCUT2D eigenvalue weighted by molar-refractivity contribution is -0.148. The SMILES string of the molecule is CCOC(=O)[C@H](CCC(=O)O)NC(=O)CCCC[P+](c1ccccc1)(c1ccccc1)c1ccccc1.[Br-]. The Morgan fingerprint density at radius 3 is 1.68 bits per heavy atom. The molecule has 3 aromatic rings. The van der Waals surface area contributed by atoms with Crippen LogP contribution in [0.2, 0.25) is 0 Å². The van der Waals surface area contributed by atoms with Crippen LogP contribution in [0.3, 0.4) is 0 Å². The number of rotatable bonds is 14. The van der Waals surface area contributed by atoms with E-state index in [-0.39, 0.29) is 48.8 Å². The number of hydrogen-bond donors (Lipinski definition) is 2. The lowest BCUT2D eigenvalue weighted by atomic mass is 10.1. The zero-order valence-corrected chi connectivity index (χ0v) is 24.1. The minimum atomic E-state index is -1.96. The molecular formula is C30H35BrNO5P. The van der Waals surface area contributed by atoms with Crippen LogP contribution in [-0.4, -0.2) is 41.8 Å². The molecule has 0 radical (unpaired) electrons. The number of hydrogen-bond acceptors (Lipinski definition) is 4. The summed E-state index contributed by atoms with van der Waals surface area (Å²) < 4.78 is 5.01. The van der Waals surface area contributed by atoms with Crippen LogP contribution in [0.5, 0.6) is 0 Å². The Labute approximate surface area is 235 Å². The van der Waals surface area contributed by atoms with Crippen LogP contribution in [0, 0.1) is 0 Å². The number of halogens is 1. The van der Waals surface area contributed by atoms with E-state index in [2.05, 4.69) is 78.1 Å². The van der Waals surface area contributed by atoms with Gasteiger partial charge < -0.3 is 32.1 Å². The molecule has 202 valence electrons. The maximum absolute atomic E-state index is 12.7. The second-order valence-electron chi connectivity index (χ2n) is 8.80. The summed E-state index contributed by atoms with van der Waals surface area (Å²) in [5, 5.41) is 15.6. The lowest BCUT2D eigenvalue weighted by Crippen LogP contribution is -3.00. The van der Waals surface area contributed by atoms with Crippen molar-refractivity contribution >= 4 is 41.0 Å². The number of carboxylic acids is 1. The summed E-state index contributed by atoms with van der Waals surface area (Å²) in [6, 6.07) is 30.8. The van der Waals surface area contributed by atoms with Gasteiger partial charge in [0, 0.05) is 12.8 Å². The number of aliphatic carboxylic acids is 1. The number of nitrogens with one attached hydrogen (secondary N) is 1. The molecule has 3 rings (SSSR count). The largest absolute Gasteiger partial charge is 1.00 e. The molecule has 6 nitrogen and oxygen atoms in total. The first-order valence-electron chi connectivity index (χ1n) is 12.7. The number of benzene rings is 3. The number of amides is 1. The van der Waals surface area contributed by atoms with Gasteiger partial charge >= 0.3 is 11.9 Å². The molecule has 0 fully saturated rings. The maximum atomic E-state index is 12.7. The van der Waals surface area contributed by atoms with Gasteiger partial charge in [-0.25, -0.2) is 4.79 Å². The number of esters is 1. The smallest absolute Gasteiger partial charge is 0.328 e. The lowest BCUT2D eigenvalue weighted by Gasteiger charge is -2.27. The molecule has 0 aliphatic rings. The van der Waals surface area contributed by atoms with Crippen molar-refractivity contribution in [1.82, 2.24) is 5.32 Å². The third-order valence-corrected chi connectivity index (χ3v) is 10.8. The zero-order valence-electron chi connectivity index (χ0n) is 21.6. The third-order valence-electron chi connectivity index (χ3n) is 6.29. The van der Waals surface area contributed by atoms with Gasteiger partial charge in [0.2, 0.25) is 5.91 Å². The minimum Gasteiger partial charge on any atom is -1.00 e. The summed E-state index contributed by atoms with van der Waals surface area (Å²) in [5.74, 6) is -1.89. The van der Waals surface area contributed by atoms with Crippen molar-refractivity contribution in [2.24, 2.45) is 0 Å². The van der Waals surface area contributed by atoms with E-state index in [0.717, 1.165) is 12.6 Å². The Bertz CT molecular complexity index is 1050. The van der Waals surface area contributed by atoms with Gasteiger partial charge in [-0.3, -0.25) is 9.59 Å². The monoisotopic (exact) mass is 599 g/mol. The molecule has 38 heavy (non-hydrogen) atoms. The van der Waals surface area contributed by atoms with Gasteiger partial charge in [-0.2, -0.15) is 0 Å². The molecule has 0 bridgehead atoms. The van der Waals surface area contributed by atoms with Crippen LogP contribution in [-0.2, 0) is 19.1 Å². The van der Waals surface area contributed by atoms with E-state index in [1.807, 2.05) is 18.2 Å². The van der Waals surface area contributed by atoms with Gasteiger partial charge in [-0.1, -0.05) is 54.6 Å². The molecule has 0 aliphatic carbocycles. The van der Waals surface area contributed by atoms with E-state index >= 15 is 0 Å². The van der Waals surface area contributed by atoms with E-state index in [0.29, 0.717) is 6.42 Å². The van der Waals surface area contributed by atoms with Crippen LogP contribution in [0.4, 0.5) is 0 Å². The molecule has 0 spiro atoms. The topological polar surface area (TPSA) is 92.7 Å². The number of carbonyl (C=O) groups is 3. The first-order chi connectivity index (χ1) is 18.0. The summed E-state index contributed by atoms with van der Waals surface area (Å²) in [7, 11) is -1.96. The summed E-state index contributed by atoms with van der Waals surface area (Å²) >= 11 is 0. The van der Waals surface area contributed by atoms with Gasteiger partial charge in [-0.05, 0) is 62.6 Å². The highest BCUT2D eigenvalue weighted by Gasteiger charge is 2.44. The van der Waals surface area contributed by atoms with E-state index < -0.39 is 25.2 Å². The fraction of sp³-hybridized carbons (Fsp3) is 0.300. The van der Waals surface area contributed by atoms with Crippen molar-refractivity contribution in [3.8, 4) is 0 Å². The molecule has 3 aromatic carbocycles. The van der Waals surface area contributed by atoms with Gasteiger partial charge in [0.1, 0.15) is 29.2 Å². The van der Waals surface area contributed by atoms with Gasteiger partial charge in [0.15, 0.2) is 0 Å². The van der Waals surface area contributed by atoms with Gasteiger partial charge in [-0.15, -0.1) is 0 Å². The Balaban J connectivity index is 0.00000507. The molecule has 1 amide bonds. The quantitative estimate of drug-likeness (QED) is 0.164. The highest BCUT2D eigenvalue weighted by molar-refractivity contribution is 7.95. The molecule has 0 unspecified atom stereocenters. The Kier molecular flexibility index (Phi) is 13.2. The number of carboxylic acid groups (broad SMARTS) is 1. The summed E-state index contributed by atoms with van der Waals surface area (Å²) in [6.07, 6.45) is 2.40. The number of ether oxygens (including phenoxy) is 1. The summed E-state index contributed by atoms with van der Waals surface area (Å²) in [4.78, 5) is 35.8. The maximum Gasteiger partial charge on any atom is 0.328 e. The first kappa shape index (κ1) is 31.2. The number of unbranched alkanes of at least 4 members (excludes halogenated alkanes) is 1. The van der Waals surface area contributed by atoms with Crippen molar-refractivity contribution in [1.29, 1.82) is 0 Å². The molecule has 8 heteroatoms. The van der Waals surface area contributed by atoms with Crippen molar-refractivity contribution in [2.45, 2.75) is 45.1 Å². The molecule has 2 N–H and O–H groups in total. The zero-order chi connectivity index (χ0) is 26.5. The Morgan fingerprint density at radius 1 is 0.789 bits per heavy atom. The first-order valence-corrected chi connectivity index (χ1v) is 14.7. The fourth-order valence-corrected chi connectivity index (χ4v) is 8.95. The molecule has 0 aromatic heterocycles. The summed E-state index contributed by atoms with van der Waals surface area (Å²) in [6.45, 7) is 1.85. The normalized spacial score (nSPS) is 11.6. The fourth-order valence-electron chi connectivity index (χ4n) is 4.54. The van der Waals surface area contributed by atoms with E-state index in [1.54, 1.807) is 6.92 Å². The van der Waals surface area contributed by atoms with Crippen LogP contribution >= 0.6 is 7.26 Å². The van der Waals surface area contributed by atoms with E-state index in [9.17, 15) is 14.4 Å². The number of carbonyl (C=O) groups excluding carboxylic acids is 2. The summed E-state index contributed by atoms with van der Waals surface area (Å²) in [5.41, 5.74) is 0. The van der Waals surface area contributed by atoms with E-state index in [4.69, 9.17) is 9.84 Å². The van der Waals surface area contributed by atoms with Crippen molar-refractivity contribution < 1.29 is 41.2 Å². The highest BCUT2D eigenvalue weighted by atomic mass is 79.9. The predicted octanol–water partition coefficient (Wildman–Crippen LogP) is 1.07. The standard InChI is InChI=1S/C30H34NO5P.BrH/c1-2-36-30(35)27(21-22-29(33)34)31-28(32)20-12-13-23-37(24-14-6-3-7-15-24,25-16-8-4-9-17-25)26-18-10-5-11-19-26;/h3-11,14-19,27H,2,12-13,20-23H2,1H3,(H-,31,32,33,34);1H/t27-;/m0./s1. The average molecular weight is 600 g/mol. The highest BCUT2D eigenvalue weighted by Crippen LogP contribution is 2.55. The predicted molar refractivity (Wildman–Crippen MR) is 149 cm³/mol. The third kappa shape index (κ3) is 8.50. The van der Waals surface area contributed by atoms with Crippen LogP contribution in [0.1, 0.15) is 39.0 Å². The minimum absolute atomic E-state index is 0. The van der Waals surface area contributed by atoms with Crippen molar-refractivity contribution in [3.05, 3.63) is 91.0 Å². The van der Waals surface area contributed by atoms with Gasteiger partial charge in [0.05, 0.1) is 12.8 Å².